The molecule has 0 aliphatic heterocycles. The lowest BCUT2D eigenvalue weighted by Gasteiger charge is -2.34. The van der Waals surface area contributed by atoms with Gasteiger partial charge in [-0.2, -0.15) is 0 Å². The summed E-state index contributed by atoms with van der Waals surface area (Å²) in [6, 6.07) is 7.98. The summed E-state index contributed by atoms with van der Waals surface area (Å²) in [6.07, 6.45) is 2.29. The predicted octanol–water partition coefficient (Wildman–Crippen LogP) is 3.77. The van der Waals surface area contributed by atoms with Crippen LogP contribution in [0.25, 0.3) is 10.1 Å². The molecule has 1 aromatic carbocycles. The largest absolute Gasteiger partial charge is 0.309 e. The van der Waals surface area contributed by atoms with Crippen molar-refractivity contribution in [3.05, 3.63) is 35.2 Å². The van der Waals surface area contributed by atoms with Gasteiger partial charge in [-0.15, -0.1) is 11.3 Å². The Morgan fingerprint density at radius 3 is 2.62 bits per heavy atom. The Morgan fingerprint density at radius 1 is 1.29 bits per heavy atom. The molecule has 0 saturated carbocycles. The summed E-state index contributed by atoms with van der Waals surface area (Å²) in [5.74, 6) is 0. The summed E-state index contributed by atoms with van der Waals surface area (Å²) in [6.45, 7) is 6.50. The quantitative estimate of drug-likeness (QED) is 0.879. The van der Waals surface area contributed by atoms with Crippen molar-refractivity contribution < 1.29 is 8.42 Å². The van der Waals surface area contributed by atoms with Crippen LogP contribution in [-0.2, 0) is 9.84 Å². The molecule has 0 spiro atoms. The minimum Gasteiger partial charge on any atom is -0.309 e. The molecule has 0 amide bonds. The fraction of sp³-hybridized carbons (Fsp3) is 0.500. The number of thiophene rings is 1. The number of fused-ring (bicyclic) bond motifs is 1. The molecule has 0 radical (unpaired) electrons. The molecule has 2 aromatic rings. The van der Waals surface area contributed by atoms with Crippen molar-refractivity contribution >= 4 is 31.3 Å². The topological polar surface area (TPSA) is 46.2 Å². The number of hydrogen-bond donors (Lipinski definition) is 1. The van der Waals surface area contributed by atoms with Gasteiger partial charge in [-0.25, -0.2) is 8.42 Å². The van der Waals surface area contributed by atoms with Crippen molar-refractivity contribution in [3.8, 4) is 0 Å². The maximum absolute atomic E-state index is 12.3. The molecular formula is C16H23NO2S2. The molecule has 3 nitrogen and oxygen atoms in total. The van der Waals surface area contributed by atoms with Gasteiger partial charge in [-0.1, -0.05) is 25.1 Å². The Morgan fingerprint density at radius 2 is 2.00 bits per heavy atom. The third-order valence-corrected chi connectivity index (χ3v) is 7.20. The molecule has 116 valence electrons. The van der Waals surface area contributed by atoms with Gasteiger partial charge in [0.1, 0.15) is 0 Å². The maximum Gasteiger partial charge on any atom is 0.154 e. The van der Waals surface area contributed by atoms with E-state index in [1.54, 1.807) is 11.3 Å². The normalized spacial score (nSPS) is 14.5. The van der Waals surface area contributed by atoms with Gasteiger partial charge in [0.2, 0.25) is 0 Å². The van der Waals surface area contributed by atoms with E-state index < -0.39 is 14.6 Å². The van der Waals surface area contributed by atoms with Crippen LogP contribution >= 0.6 is 11.3 Å². The fourth-order valence-corrected chi connectivity index (χ4v) is 4.06. The number of hydrogen-bond acceptors (Lipinski definition) is 4. The zero-order valence-electron chi connectivity index (χ0n) is 13.0. The second-order valence-corrected chi connectivity index (χ2v) is 9.46. The van der Waals surface area contributed by atoms with Crippen molar-refractivity contribution in [1.29, 1.82) is 0 Å². The lowest BCUT2D eigenvalue weighted by atomic mass is 9.94. The van der Waals surface area contributed by atoms with Gasteiger partial charge in [0.25, 0.3) is 0 Å². The van der Waals surface area contributed by atoms with Crippen LogP contribution in [0.15, 0.2) is 29.6 Å². The van der Waals surface area contributed by atoms with Crippen LogP contribution in [0.4, 0.5) is 0 Å². The summed E-state index contributed by atoms with van der Waals surface area (Å²) in [5.41, 5.74) is 1.08. The second kappa shape index (κ2) is 6.07. The molecule has 1 atom stereocenters. The highest BCUT2D eigenvalue weighted by Gasteiger charge is 2.40. The van der Waals surface area contributed by atoms with E-state index in [1.165, 1.54) is 16.3 Å². The third kappa shape index (κ3) is 3.15. The van der Waals surface area contributed by atoms with Crippen LogP contribution in [0, 0.1) is 0 Å². The molecular weight excluding hydrogens is 302 g/mol. The third-order valence-electron chi connectivity index (χ3n) is 4.07. The van der Waals surface area contributed by atoms with Gasteiger partial charge in [0, 0.05) is 11.0 Å². The van der Waals surface area contributed by atoms with Crippen LogP contribution in [0.3, 0.4) is 0 Å². The summed E-state index contributed by atoms with van der Waals surface area (Å²) in [7, 11) is -3.19. The Bertz CT molecular complexity index is 717. The summed E-state index contributed by atoms with van der Waals surface area (Å²) in [4.78, 5) is 0. The molecule has 1 aromatic heterocycles. The van der Waals surface area contributed by atoms with Crippen LogP contribution in [0.5, 0.6) is 0 Å². The molecule has 0 aliphatic carbocycles. The monoisotopic (exact) mass is 325 g/mol. The summed E-state index contributed by atoms with van der Waals surface area (Å²) in [5, 5.41) is 6.67. The molecule has 1 unspecified atom stereocenters. The van der Waals surface area contributed by atoms with Crippen LogP contribution < -0.4 is 5.32 Å². The average molecular weight is 325 g/mol. The van der Waals surface area contributed by atoms with Crippen LogP contribution in [0.1, 0.15) is 38.8 Å². The first-order valence-electron chi connectivity index (χ1n) is 7.18. The molecule has 0 saturated heterocycles. The second-order valence-electron chi connectivity index (χ2n) is 5.95. The number of sulfone groups is 1. The summed E-state index contributed by atoms with van der Waals surface area (Å²) >= 11 is 1.67. The highest BCUT2D eigenvalue weighted by molar-refractivity contribution is 7.92. The zero-order chi connectivity index (χ0) is 15.7. The van der Waals surface area contributed by atoms with Gasteiger partial charge in [0.15, 0.2) is 9.84 Å². The van der Waals surface area contributed by atoms with Crippen molar-refractivity contribution in [2.75, 3.05) is 12.8 Å². The van der Waals surface area contributed by atoms with E-state index in [9.17, 15) is 8.42 Å². The summed E-state index contributed by atoms with van der Waals surface area (Å²) < 4.78 is 24.8. The molecule has 2 rings (SSSR count). The van der Waals surface area contributed by atoms with Crippen molar-refractivity contribution in [1.82, 2.24) is 5.32 Å². The first kappa shape index (κ1) is 16.5. The molecule has 1 heterocycles. The van der Waals surface area contributed by atoms with E-state index in [1.807, 2.05) is 26.0 Å². The van der Waals surface area contributed by atoms with Crippen LogP contribution in [-0.4, -0.2) is 26.0 Å². The van der Waals surface area contributed by atoms with Crippen molar-refractivity contribution in [2.45, 2.75) is 38.0 Å². The van der Waals surface area contributed by atoms with E-state index in [4.69, 9.17) is 0 Å². The molecule has 5 heteroatoms. The van der Waals surface area contributed by atoms with E-state index in [-0.39, 0.29) is 6.04 Å². The number of rotatable bonds is 6. The van der Waals surface area contributed by atoms with Gasteiger partial charge >= 0.3 is 0 Å². The Labute approximate surface area is 131 Å². The fourth-order valence-electron chi connectivity index (χ4n) is 2.48. The van der Waals surface area contributed by atoms with Crippen molar-refractivity contribution in [2.24, 2.45) is 0 Å². The van der Waals surface area contributed by atoms with Gasteiger partial charge in [0.05, 0.1) is 10.8 Å². The smallest absolute Gasteiger partial charge is 0.154 e. The molecule has 0 aliphatic rings. The van der Waals surface area contributed by atoms with Gasteiger partial charge < -0.3 is 5.32 Å². The number of benzene rings is 1. The van der Waals surface area contributed by atoms with E-state index >= 15 is 0 Å². The SMILES string of the molecule is CCCNC(c1cccc2ccsc12)C(C)(C)S(C)(=O)=O. The standard InChI is InChI=1S/C16H23NO2S2/c1-5-10-17-15(16(2,3)21(4,18)19)13-8-6-7-12-9-11-20-14(12)13/h6-9,11,15,17H,5,10H2,1-4H3. The maximum atomic E-state index is 12.3. The van der Waals surface area contributed by atoms with Gasteiger partial charge in [-0.05, 0) is 49.2 Å². The highest BCUT2D eigenvalue weighted by atomic mass is 32.2. The molecule has 21 heavy (non-hydrogen) atoms. The lowest BCUT2D eigenvalue weighted by molar-refractivity contribution is 0.422. The molecule has 0 fully saturated rings. The Balaban J connectivity index is 2.58. The van der Waals surface area contributed by atoms with Crippen LogP contribution in [0.2, 0.25) is 0 Å². The van der Waals surface area contributed by atoms with E-state index in [0.29, 0.717) is 0 Å². The highest BCUT2D eigenvalue weighted by Crippen LogP contribution is 2.37. The number of nitrogens with one attached hydrogen (secondary N) is 1. The lowest BCUT2D eigenvalue weighted by Crippen LogP contribution is -2.45. The van der Waals surface area contributed by atoms with Gasteiger partial charge in [-0.3, -0.25) is 0 Å². The first-order chi connectivity index (χ1) is 9.79. The Kier molecular flexibility index (Phi) is 4.76. The van der Waals surface area contributed by atoms with Crippen molar-refractivity contribution in [3.63, 3.8) is 0 Å². The molecule has 1 N–H and O–H groups in total. The van der Waals surface area contributed by atoms with E-state index in [2.05, 4.69) is 29.8 Å². The van der Waals surface area contributed by atoms with E-state index in [0.717, 1.165) is 18.5 Å². The minimum atomic E-state index is -3.19. The average Bonchev–Trinajstić information content (AvgIpc) is 2.86. The first-order valence-corrected chi connectivity index (χ1v) is 9.95. The minimum absolute atomic E-state index is 0.213. The zero-order valence-corrected chi connectivity index (χ0v) is 14.6. The molecule has 0 bridgehead atoms. The predicted molar refractivity (Wildman–Crippen MR) is 91.8 cm³/mol. The Hall–Kier alpha value is -0.910.